The van der Waals surface area contributed by atoms with Crippen LogP contribution in [0.3, 0.4) is 0 Å². The molecule has 176 valence electrons. The number of methoxy groups -OCH3 is 4. The first kappa shape index (κ1) is 23.8. The molecule has 0 N–H and O–H groups in total. The number of benzene rings is 2. The molecule has 2 aromatic carbocycles. The highest BCUT2D eigenvalue weighted by molar-refractivity contribution is 5.94. The number of nitrogens with zero attached hydrogens (tertiary/aromatic N) is 1. The third-order valence-corrected chi connectivity index (χ3v) is 4.91. The number of fused-ring (bicyclic) bond motifs is 1. The highest BCUT2D eigenvalue weighted by Gasteiger charge is 2.19. The number of esters is 1. The molecule has 0 bridgehead atoms. The van der Waals surface area contributed by atoms with E-state index in [0.29, 0.717) is 47.5 Å². The predicted octanol–water partition coefficient (Wildman–Crippen LogP) is 2.70. The first-order chi connectivity index (χ1) is 16.0. The number of ether oxygens (including phenoxy) is 6. The maximum absolute atomic E-state index is 13.0. The lowest BCUT2D eigenvalue weighted by Gasteiger charge is -2.21. The first-order valence-corrected chi connectivity index (χ1v) is 10.2. The van der Waals surface area contributed by atoms with Crippen molar-refractivity contribution in [1.82, 2.24) is 4.90 Å². The average Bonchev–Trinajstić information content (AvgIpc) is 2.85. The van der Waals surface area contributed by atoms with E-state index in [4.69, 9.17) is 28.4 Å². The van der Waals surface area contributed by atoms with Gasteiger partial charge in [0.25, 0.3) is 0 Å². The van der Waals surface area contributed by atoms with Crippen LogP contribution >= 0.6 is 0 Å². The maximum Gasteiger partial charge on any atom is 0.325 e. The standard InChI is InChI=1S/C24H27NO8/c1-28-18-9-17(10-19(13-18)29-2)14-25(15-23(27)31-4)22(26)6-5-16-11-20(30-3)24-21(12-16)32-7-8-33-24/h5-6,9-13H,7-8,14-15H2,1-4H3/b6-5+. The molecule has 0 aliphatic carbocycles. The van der Waals surface area contributed by atoms with Crippen molar-refractivity contribution in [1.29, 1.82) is 0 Å². The zero-order valence-electron chi connectivity index (χ0n) is 19.1. The highest BCUT2D eigenvalue weighted by Crippen LogP contribution is 2.40. The lowest BCUT2D eigenvalue weighted by Crippen LogP contribution is -2.34. The van der Waals surface area contributed by atoms with E-state index in [-0.39, 0.29) is 19.0 Å². The van der Waals surface area contributed by atoms with Gasteiger partial charge in [-0.15, -0.1) is 0 Å². The molecule has 0 aromatic heterocycles. The van der Waals surface area contributed by atoms with E-state index in [1.165, 1.54) is 25.2 Å². The fourth-order valence-corrected chi connectivity index (χ4v) is 3.27. The van der Waals surface area contributed by atoms with Crippen molar-refractivity contribution >= 4 is 18.0 Å². The van der Waals surface area contributed by atoms with E-state index in [9.17, 15) is 9.59 Å². The van der Waals surface area contributed by atoms with Gasteiger partial charge in [-0.3, -0.25) is 9.59 Å². The van der Waals surface area contributed by atoms with Crippen molar-refractivity contribution in [3.05, 3.63) is 47.5 Å². The Kier molecular flexibility index (Phi) is 8.01. The van der Waals surface area contributed by atoms with Gasteiger partial charge in [-0.25, -0.2) is 0 Å². The number of carbonyl (C=O) groups excluding carboxylic acids is 2. The summed E-state index contributed by atoms with van der Waals surface area (Å²) in [5, 5.41) is 0. The number of rotatable bonds is 9. The minimum atomic E-state index is -0.535. The summed E-state index contributed by atoms with van der Waals surface area (Å²) in [5.41, 5.74) is 1.42. The van der Waals surface area contributed by atoms with Crippen LogP contribution in [0.15, 0.2) is 36.4 Å². The van der Waals surface area contributed by atoms with Crippen LogP contribution < -0.4 is 23.7 Å². The van der Waals surface area contributed by atoms with Crippen LogP contribution in [0.25, 0.3) is 6.08 Å². The van der Waals surface area contributed by atoms with E-state index in [0.717, 1.165) is 5.56 Å². The molecule has 0 saturated carbocycles. The zero-order chi connectivity index (χ0) is 23.8. The SMILES string of the molecule is COC(=O)CN(Cc1cc(OC)cc(OC)c1)C(=O)/C=C/c1cc(OC)c2c(c1)OCCO2. The number of amides is 1. The Morgan fingerprint density at radius 1 is 0.939 bits per heavy atom. The number of hydrogen-bond donors (Lipinski definition) is 0. The molecular weight excluding hydrogens is 430 g/mol. The fraction of sp³-hybridized carbons (Fsp3) is 0.333. The Morgan fingerprint density at radius 2 is 1.64 bits per heavy atom. The van der Waals surface area contributed by atoms with Crippen LogP contribution in [0.1, 0.15) is 11.1 Å². The van der Waals surface area contributed by atoms with Gasteiger partial charge in [-0.2, -0.15) is 0 Å². The molecule has 1 heterocycles. The molecule has 0 radical (unpaired) electrons. The van der Waals surface area contributed by atoms with Gasteiger partial charge in [0, 0.05) is 18.7 Å². The van der Waals surface area contributed by atoms with Gasteiger partial charge >= 0.3 is 5.97 Å². The van der Waals surface area contributed by atoms with Gasteiger partial charge in [0.2, 0.25) is 11.7 Å². The van der Waals surface area contributed by atoms with Crippen LogP contribution in [0, 0.1) is 0 Å². The third-order valence-electron chi connectivity index (χ3n) is 4.91. The van der Waals surface area contributed by atoms with E-state index >= 15 is 0 Å². The van der Waals surface area contributed by atoms with Crippen molar-refractivity contribution in [2.45, 2.75) is 6.54 Å². The van der Waals surface area contributed by atoms with Gasteiger partial charge in [0.15, 0.2) is 11.5 Å². The summed E-state index contributed by atoms with van der Waals surface area (Å²) in [6, 6.07) is 8.78. The predicted molar refractivity (Wildman–Crippen MR) is 120 cm³/mol. The van der Waals surface area contributed by atoms with Crippen LogP contribution in [-0.4, -0.2) is 65.0 Å². The summed E-state index contributed by atoms with van der Waals surface area (Å²) in [6.45, 7) is 0.799. The van der Waals surface area contributed by atoms with Crippen LogP contribution in [-0.2, 0) is 20.9 Å². The third kappa shape index (κ3) is 6.09. The molecule has 0 unspecified atom stereocenters. The number of hydrogen-bond acceptors (Lipinski definition) is 8. The summed E-state index contributed by atoms with van der Waals surface area (Å²) >= 11 is 0. The Balaban J connectivity index is 1.84. The normalized spacial score (nSPS) is 12.2. The van der Waals surface area contributed by atoms with Crippen molar-refractivity contribution < 1.29 is 38.0 Å². The molecule has 3 rings (SSSR count). The summed E-state index contributed by atoms with van der Waals surface area (Å²) in [6.07, 6.45) is 3.00. The van der Waals surface area contributed by atoms with Gasteiger partial charge < -0.3 is 33.3 Å². The van der Waals surface area contributed by atoms with E-state index in [2.05, 4.69) is 0 Å². The second-order valence-electron chi connectivity index (χ2n) is 7.07. The van der Waals surface area contributed by atoms with Gasteiger partial charge in [-0.1, -0.05) is 0 Å². The minimum Gasteiger partial charge on any atom is -0.497 e. The summed E-state index contributed by atoms with van der Waals surface area (Å²) in [5.74, 6) is 1.83. The molecule has 2 aromatic rings. The van der Waals surface area contributed by atoms with Crippen molar-refractivity contribution in [2.24, 2.45) is 0 Å². The van der Waals surface area contributed by atoms with Crippen LogP contribution in [0.4, 0.5) is 0 Å². The summed E-state index contributed by atoms with van der Waals surface area (Å²) in [4.78, 5) is 26.3. The minimum absolute atomic E-state index is 0.149. The summed E-state index contributed by atoms with van der Waals surface area (Å²) < 4.78 is 32.0. The monoisotopic (exact) mass is 457 g/mol. The second-order valence-corrected chi connectivity index (χ2v) is 7.07. The van der Waals surface area contributed by atoms with Crippen LogP contribution in [0.5, 0.6) is 28.7 Å². The average molecular weight is 457 g/mol. The van der Waals surface area contributed by atoms with Gasteiger partial charge in [0.05, 0.1) is 28.4 Å². The Labute approximate surface area is 192 Å². The molecule has 0 saturated heterocycles. The highest BCUT2D eigenvalue weighted by atomic mass is 16.6. The molecule has 0 fully saturated rings. The summed E-state index contributed by atoms with van der Waals surface area (Å²) in [7, 11) is 5.89. The molecule has 0 spiro atoms. The van der Waals surface area contributed by atoms with E-state index in [1.54, 1.807) is 50.6 Å². The smallest absolute Gasteiger partial charge is 0.325 e. The van der Waals surface area contributed by atoms with E-state index in [1.807, 2.05) is 0 Å². The zero-order valence-corrected chi connectivity index (χ0v) is 19.1. The maximum atomic E-state index is 13.0. The molecule has 1 aliphatic rings. The fourth-order valence-electron chi connectivity index (χ4n) is 3.27. The Morgan fingerprint density at radius 3 is 2.27 bits per heavy atom. The first-order valence-electron chi connectivity index (χ1n) is 10.2. The van der Waals surface area contributed by atoms with Gasteiger partial charge in [0.1, 0.15) is 31.3 Å². The molecule has 33 heavy (non-hydrogen) atoms. The molecular formula is C24H27NO8. The Hall–Kier alpha value is -3.88. The second kappa shape index (κ2) is 11.1. The van der Waals surface area contributed by atoms with E-state index < -0.39 is 5.97 Å². The largest absolute Gasteiger partial charge is 0.497 e. The molecule has 1 aliphatic heterocycles. The van der Waals surface area contributed by atoms with Gasteiger partial charge in [-0.05, 0) is 41.5 Å². The molecule has 9 heteroatoms. The molecule has 1 amide bonds. The van der Waals surface area contributed by atoms with Crippen LogP contribution in [0.2, 0.25) is 0 Å². The lowest BCUT2D eigenvalue weighted by molar-refractivity contribution is -0.145. The molecule has 0 atom stereocenters. The van der Waals surface area contributed by atoms with Crippen molar-refractivity contribution in [3.8, 4) is 28.7 Å². The van der Waals surface area contributed by atoms with Crippen molar-refractivity contribution in [2.75, 3.05) is 48.2 Å². The Bertz CT molecular complexity index is 994. The van der Waals surface area contributed by atoms with Crippen molar-refractivity contribution in [3.63, 3.8) is 0 Å². The topological polar surface area (TPSA) is 92.8 Å². The quantitative estimate of drug-likeness (QED) is 0.419. The number of carbonyl (C=O) groups is 2. The lowest BCUT2D eigenvalue weighted by atomic mass is 10.1. The molecule has 9 nitrogen and oxygen atoms in total.